The minimum atomic E-state index is -1.59. The van der Waals surface area contributed by atoms with E-state index in [-0.39, 0.29) is 18.9 Å². The van der Waals surface area contributed by atoms with Gasteiger partial charge in [-0.1, -0.05) is 226 Å². The Labute approximate surface area is 421 Å². The number of aliphatic hydroxyl groups excluding tert-OH is 5. The van der Waals surface area contributed by atoms with Gasteiger partial charge in [-0.15, -0.1) is 0 Å². The van der Waals surface area contributed by atoms with Gasteiger partial charge in [-0.05, 0) is 83.5 Å². The van der Waals surface area contributed by atoms with E-state index < -0.39 is 49.5 Å². The van der Waals surface area contributed by atoms with Gasteiger partial charge in [-0.25, -0.2) is 0 Å². The summed E-state index contributed by atoms with van der Waals surface area (Å²) >= 11 is 0. The second kappa shape index (κ2) is 48.5. The number of allylic oxidation sites excluding steroid dienone is 17. The van der Waals surface area contributed by atoms with Crippen molar-refractivity contribution in [3.63, 3.8) is 0 Å². The number of carbonyl (C=O) groups excluding carboxylic acids is 1. The molecule has 0 spiro atoms. The molecule has 7 atom stereocenters. The van der Waals surface area contributed by atoms with E-state index >= 15 is 0 Å². The normalized spacial score (nSPS) is 20.4. The Kier molecular flexibility index (Phi) is 44.9. The molecule has 1 fully saturated rings. The molecule has 0 bridgehead atoms. The minimum absolute atomic E-state index is 0.203. The van der Waals surface area contributed by atoms with Crippen LogP contribution < -0.4 is 5.32 Å². The van der Waals surface area contributed by atoms with Crippen molar-refractivity contribution in [3.05, 3.63) is 109 Å². The second-order valence-electron chi connectivity index (χ2n) is 18.6. The topological polar surface area (TPSA) is 149 Å². The molecule has 0 aliphatic carbocycles. The van der Waals surface area contributed by atoms with Crippen LogP contribution in [0.25, 0.3) is 0 Å². The fourth-order valence-electron chi connectivity index (χ4n) is 7.98. The summed E-state index contributed by atoms with van der Waals surface area (Å²) in [6, 6.07) is -0.877. The summed E-state index contributed by atoms with van der Waals surface area (Å²) in [7, 11) is 0. The van der Waals surface area contributed by atoms with Crippen LogP contribution in [-0.4, -0.2) is 87.5 Å². The van der Waals surface area contributed by atoms with Gasteiger partial charge in [0.1, 0.15) is 24.4 Å². The van der Waals surface area contributed by atoms with Crippen molar-refractivity contribution in [2.24, 2.45) is 0 Å². The summed E-state index contributed by atoms with van der Waals surface area (Å²) in [6.07, 6.45) is 64.6. The van der Waals surface area contributed by atoms with Crippen molar-refractivity contribution in [2.45, 2.75) is 249 Å². The molecule has 1 saturated heterocycles. The summed E-state index contributed by atoms with van der Waals surface area (Å²) in [5.74, 6) is -0.276. The Morgan fingerprint density at radius 2 is 0.913 bits per heavy atom. The number of hydrogen-bond donors (Lipinski definition) is 6. The fourth-order valence-corrected chi connectivity index (χ4v) is 7.98. The third-order valence-electron chi connectivity index (χ3n) is 12.3. The predicted octanol–water partition coefficient (Wildman–Crippen LogP) is 13.4. The van der Waals surface area contributed by atoms with Crippen LogP contribution in [0.15, 0.2) is 109 Å². The lowest BCUT2D eigenvalue weighted by Gasteiger charge is -2.40. The fraction of sp³-hybridized carbons (Fsp3) is 0.683. The quantitative estimate of drug-likeness (QED) is 0.0261. The van der Waals surface area contributed by atoms with Crippen LogP contribution in [0.1, 0.15) is 206 Å². The van der Waals surface area contributed by atoms with Gasteiger partial charge in [0.05, 0.1) is 25.4 Å². The molecule has 1 aliphatic heterocycles. The molecule has 9 nitrogen and oxygen atoms in total. The highest BCUT2D eigenvalue weighted by molar-refractivity contribution is 5.76. The second-order valence-corrected chi connectivity index (χ2v) is 18.6. The molecular formula is C60H101NO8. The van der Waals surface area contributed by atoms with Gasteiger partial charge < -0.3 is 40.3 Å². The Hall–Kier alpha value is -3.15. The van der Waals surface area contributed by atoms with Crippen LogP contribution >= 0.6 is 0 Å². The lowest BCUT2D eigenvalue weighted by Crippen LogP contribution is -2.60. The highest BCUT2D eigenvalue weighted by Gasteiger charge is 2.44. The van der Waals surface area contributed by atoms with Crippen molar-refractivity contribution in [3.8, 4) is 0 Å². The molecule has 1 amide bonds. The van der Waals surface area contributed by atoms with E-state index in [0.29, 0.717) is 12.8 Å². The molecule has 1 heterocycles. The first kappa shape index (κ1) is 63.9. The number of amides is 1. The first-order chi connectivity index (χ1) is 33.8. The molecule has 0 saturated carbocycles. The van der Waals surface area contributed by atoms with Gasteiger partial charge in [0.15, 0.2) is 6.29 Å². The molecule has 0 aromatic rings. The summed E-state index contributed by atoms with van der Waals surface area (Å²) < 4.78 is 11.2. The lowest BCUT2D eigenvalue weighted by molar-refractivity contribution is -0.302. The van der Waals surface area contributed by atoms with Crippen LogP contribution in [0.3, 0.4) is 0 Å². The van der Waals surface area contributed by atoms with Crippen molar-refractivity contribution >= 4 is 5.91 Å². The van der Waals surface area contributed by atoms with Crippen molar-refractivity contribution < 1.29 is 39.8 Å². The van der Waals surface area contributed by atoms with Gasteiger partial charge in [0, 0.05) is 6.42 Å². The SMILES string of the molecule is CC/C=C\C/C=C\C/C=C\C/C=C\C/C=C\C/C=C\CCC(=O)NC(COC1OC(CO)C(O)C(O)C1O)C(O)/C=C/CC/C=C/CC/C=C/CCCCCCCCCCCCCCCCCCC. The monoisotopic (exact) mass is 964 g/mol. The van der Waals surface area contributed by atoms with E-state index in [1.54, 1.807) is 6.08 Å². The maximum Gasteiger partial charge on any atom is 0.220 e. The molecule has 9 heteroatoms. The van der Waals surface area contributed by atoms with E-state index in [4.69, 9.17) is 9.47 Å². The van der Waals surface area contributed by atoms with E-state index in [0.717, 1.165) is 64.2 Å². The average Bonchev–Trinajstić information content (AvgIpc) is 3.35. The Bertz CT molecular complexity index is 1440. The van der Waals surface area contributed by atoms with Crippen LogP contribution in [0.2, 0.25) is 0 Å². The highest BCUT2D eigenvalue weighted by atomic mass is 16.7. The molecule has 69 heavy (non-hydrogen) atoms. The maximum atomic E-state index is 13.0. The molecule has 394 valence electrons. The van der Waals surface area contributed by atoms with Crippen molar-refractivity contribution in [2.75, 3.05) is 13.2 Å². The number of ether oxygens (including phenoxy) is 2. The maximum absolute atomic E-state index is 13.0. The molecule has 7 unspecified atom stereocenters. The minimum Gasteiger partial charge on any atom is -0.394 e. The lowest BCUT2D eigenvalue weighted by atomic mass is 9.99. The molecule has 0 aromatic heterocycles. The van der Waals surface area contributed by atoms with E-state index in [2.05, 4.69) is 104 Å². The smallest absolute Gasteiger partial charge is 0.220 e. The van der Waals surface area contributed by atoms with Gasteiger partial charge in [-0.2, -0.15) is 0 Å². The summed E-state index contributed by atoms with van der Waals surface area (Å²) in [5.41, 5.74) is 0. The zero-order valence-electron chi connectivity index (χ0n) is 43.5. The van der Waals surface area contributed by atoms with Gasteiger partial charge >= 0.3 is 0 Å². The number of aliphatic hydroxyl groups is 5. The molecular weight excluding hydrogens is 863 g/mol. The van der Waals surface area contributed by atoms with Crippen LogP contribution in [0.5, 0.6) is 0 Å². The number of rotatable bonds is 45. The van der Waals surface area contributed by atoms with Crippen molar-refractivity contribution in [1.82, 2.24) is 5.32 Å². The Balaban J connectivity index is 2.34. The van der Waals surface area contributed by atoms with E-state index in [1.165, 1.54) is 109 Å². The van der Waals surface area contributed by atoms with Crippen LogP contribution in [0.4, 0.5) is 0 Å². The first-order valence-corrected chi connectivity index (χ1v) is 27.6. The number of nitrogens with one attached hydrogen (secondary N) is 1. The van der Waals surface area contributed by atoms with E-state index in [1.807, 2.05) is 18.2 Å². The number of unbranched alkanes of at least 4 members (excludes halogenated alkanes) is 19. The zero-order valence-corrected chi connectivity index (χ0v) is 43.5. The summed E-state index contributed by atoms with van der Waals surface area (Å²) in [5, 5.41) is 54.3. The third-order valence-corrected chi connectivity index (χ3v) is 12.3. The highest BCUT2D eigenvalue weighted by Crippen LogP contribution is 2.22. The summed E-state index contributed by atoms with van der Waals surface area (Å²) in [6.45, 7) is 3.59. The molecule has 1 rings (SSSR count). The summed E-state index contributed by atoms with van der Waals surface area (Å²) in [4.78, 5) is 13.0. The first-order valence-electron chi connectivity index (χ1n) is 27.6. The van der Waals surface area contributed by atoms with Gasteiger partial charge in [0.2, 0.25) is 5.91 Å². The average molecular weight is 964 g/mol. The predicted molar refractivity (Wildman–Crippen MR) is 290 cm³/mol. The molecule has 0 radical (unpaired) electrons. The van der Waals surface area contributed by atoms with E-state index in [9.17, 15) is 30.3 Å². The van der Waals surface area contributed by atoms with Crippen molar-refractivity contribution in [1.29, 1.82) is 0 Å². The Morgan fingerprint density at radius 1 is 0.507 bits per heavy atom. The molecule has 6 N–H and O–H groups in total. The Morgan fingerprint density at radius 3 is 1.38 bits per heavy atom. The number of hydrogen-bond acceptors (Lipinski definition) is 8. The van der Waals surface area contributed by atoms with Gasteiger partial charge in [-0.3, -0.25) is 4.79 Å². The zero-order chi connectivity index (χ0) is 50.1. The molecule has 1 aliphatic rings. The third kappa shape index (κ3) is 38.2. The van der Waals surface area contributed by atoms with Gasteiger partial charge in [0.25, 0.3) is 0 Å². The van der Waals surface area contributed by atoms with Crippen LogP contribution in [-0.2, 0) is 14.3 Å². The number of carbonyl (C=O) groups is 1. The standard InChI is InChI=1S/C60H101NO8/c1-3-5-7-9-11-13-15-17-19-21-23-24-25-26-27-28-29-30-32-33-35-37-39-41-43-45-47-49-54(63)53(52-68-60-59(67)58(66)57(65)55(51-62)69-60)61-56(64)50-48-46-44-42-40-38-36-34-31-22-20-18-16-14-12-10-8-6-4-2/h6,8,12,14,18,20,31-34,38-41,44,46-47,49,53-55,57-60,62-63,65-67H,3-5,7,9-11,13,15-17,19,21-30,35-37,42-43,45,48,50-52H2,1-2H3,(H,61,64)/b8-6-,14-12-,20-18-,33-32+,34-31-,40-38-,41-39+,46-44-,49-47+. The molecule has 0 aromatic carbocycles. The largest absolute Gasteiger partial charge is 0.394 e. The van der Waals surface area contributed by atoms with Crippen LogP contribution in [0, 0.1) is 0 Å².